The number of carbonyl (C=O) groups is 2. The molecule has 2 aromatic heterocycles. The second kappa shape index (κ2) is 8.70. The Bertz CT molecular complexity index is 808. The van der Waals surface area contributed by atoms with Crippen LogP contribution in [0.15, 0.2) is 36.0 Å². The van der Waals surface area contributed by atoms with Crippen molar-refractivity contribution in [3.63, 3.8) is 0 Å². The van der Waals surface area contributed by atoms with Gasteiger partial charge in [-0.25, -0.2) is 9.59 Å². The SMILES string of the molecule is CC(C)(C)OC(=O)NC1CCN(OC(=O)c2sccc2-c2cccnc2)CC1. The highest BCUT2D eigenvalue weighted by atomic mass is 32.1. The second-order valence-corrected chi connectivity index (χ2v) is 8.55. The molecule has 0 unspecified atom stereocenters. The zero-order chi connectivity index (χ0) is 20.1. The smallest absolute Gasteiger partial charge is 0.407 e. The average molecular weight is 404 g/mol. The molecule has 0 spiro atoms. The lowest BCUT2D eigenvalue weighted by Crippen LogP contribution is -2.46. The molecule has 1 aliphatic heterocycles. The number of nitrogens with zero attached hydrogens (tertiary/aromatic N) is 2. The summed E-state index contributed by atoms with van der Waals surface area (Å²) >= 11 is 1.35. The van der Waals surface area contributed by atoms with Gasteiger partial charge in [-0.1, -0.05) is 6.07 Å². The van der Waals surface area contributed by atoms with Crippen molar-refractivity contribution in [2.75, 3.05) is 13.1 Å². The van der Waals surface area contributed by atoms with Gasteiger partial charge in [0, 0.05) is 42.7 Å². The van der Waals surface area contributed by atoms with Crippen LogP contribution in [0.2, 0.25) is 0 Å². The molecule has 1 N–H and O–H groups in total. The van der Waals surface area contributed by atoms with E-state index in [0.717, 1.165) is 11.1 Å². The Morgan fingerprint density at radius 1 is 1.25 bits per heavy atom. The van der Waals surface area contributed by atoms with Gasteiger partial charge in [-0.05, 0) is 51.1 Å². The van der Waals surface area contributed by atoms with E-state index in [1.807, 2.05) is 44.4 Å². The molecule has 3 rings (SSSR count). The normalized spacial score (nSPS) is 15.8. The summed E-state index contributed by atoms with van der Waals surface area (Å²) in [6, 6.07) is 5.66. The third-order valence-corrected chi connectivity index (χ3v) is 5.10. The molecular formula is C20H25N3O4S. The number of piperidine rings is 1. The van der Waals surface area contributed by atoms with Crippen LogP contribution in [-0.2, 0) is 9.57 Å². The third kappa shape index (κ3) is 5.53. The first kappa shape index (κ1) is 20.3. The molecule has 1 aliphatic rings. The van der Waals surface area contributed by atoms with Gasteiger partial charge in [0.2, 0.25) is 0 Å². The van der Waals surface area contributed by atoms with Gasteiger partial charge in [0.15, 0.2) is 0 Å². The molecule has 2 aromatic rings. The summed E-state index contributed by atoms with van der Waals surface area (Å²) in [5.41, 5.74) is 1.19. The number of thiophene rings is 1. The van der Waals surface area contributed by atoms with Gasteiger partial charge in [0.25, 0.3) is 0 Å². The molecule has 7 nitrogen and oxygen atoms in total. The van der Waals surface area contributed by atoms with Crippen LogP contribution in [-0.4, -0.2) is 46.8 Å². The highest BCUT2D eigenvalue weighted by Gasteiger charge is 2.26. The van der Waals surface area contributed by atoms with Crippen molar-refractivity contribution in [2.24, 2.45) is 0 Å². The number of ether oxygens (including phenoxy) is 1. The van der Waals surface area contributed by atoms with Gasteiger partial charge in [-0.3, -0.25) is 4.98 Å². The first-order chi connectivity index (χ1) is 13.3. The van der Waals surface area contributed by atoms with Crippen molar-refractivity contribution >= 4 is 23.4 Å². The van der Waals surface area contributed by atoms with Crippen LogP contribution < -0.4 is 5.32 Å². The van der Waals surface area contributed by atoms with Crippen molar-refractivity contribution < 1.29 is 19.2 Å². The number of pyridine rings is 1. The first-order valence-corrected chi connectivity index (χ1v) is 10.1. The minimum atomic E-state index is -0.521. The van der Waals surface area contributed by atoms with Crippen LogP contribution >= 0.6 is 11.3 Å². The monoisotopic (exact) mass is 403 g/mol. The summed E-state index contributed by atoms with van der Waals surface area (Å²) < 4.78 is 5.28. The van der Waals surface area contributed by atoms with Crippen LogP contribution in [0.3, 0.4) is 0 Å². The highest BCUT2D eigenvalue weighted by Crippen LogP contribution is 2.29. The Morgan fingerprint density at radius 2 is 2.00 bits per heavy atom. The fraction of sp³-hybridized carbons (Fsp3) is 0.450. The van der Waals surface area contributed by atoms with Gasteiger partial charge in [0.05, 0.1) is 0 Å². The van der Waals surface area contributed by atoms with Crippen molar-refractivity contribution in [3.8, 4) is 11.1 Å². The van der Waals surface area contributed by atoms with Crippen molar-refractivity contribution in [3.05, 3.63) is 40.8 Å². The zero-order valence-corrected chi connectivity index (χ0v) is 17.1. The van der Waals surface area contributed by atoms with Gasteiger partial charge in [-0.15, -0.1) is 16.4 Å². The number of rotatable bonds is 4. The molecule has 1 saturated heterocycles. The van der Waals surface area contributed by atoms with Gasteiger partial charge >= 0.3 is 12.1 Å². The number of hydrogen-bond donors (Lipinski definition) is 1. The van der Waals surface area contributed by atoms with E-state index in [9.17, 15) is 9.59 Å². The van der Waals surface area contributed by atoms with Gasteiger partial charge < -0.3 is 14.9 Å². The van der Waals surface area contributed by atoms with E-state index in [-0.39, 0.29) is 12.0 Å². The standard InChI is InChI=1S/C20H25N3O4S/c1-20(2,3)26-19(25)22-15-6-10-23(11-7-15)27-18(24)17-16(8-12-28-17)14-5-4-9-21-13-14/h4-5,8-9,12-13,15H,6-7,10-11H2,1-3H3,(H,22,25). The van der Waals surface area contributed by atoms with E-state index in [0.29, 0.717) is 30.8 Å². The van der Waals surface area contributed by atoms with Crippen LogP contribution in [0.25, 0.3) is 11.1 Å². The molecule has 1 amide bonds. The summed E-state index contributed by atoms with van der Waals surface area (Å²) in [6.07, 6.45) is 4.39. The molecule has 150 valence electrons. The number of amides is 1. The quantitative estimate of drug-likeness (QED) is 0.835. The van der Waals surface area contributed by atoms with Crippen molar-refractivity contribution in [1.29, 1.82) is 0 Å². The van der Waals surface area contributed by atoms with Crippen molar-refractivity contribution in [1.82, 2.24) is 15.4 Å². The van der Waals surface area contributed by atoms with Gasteiger partial charge in [-0.2, -0.15) is 0 Å². The number of aromatic nitrogens is 1. The zero-order valence-electron chi connectivity index (χ0n) is 16.3. The maximum atomic E-state index is 12.6. The van der Waals surface area contributed by atoms with E-state index in [2.05, 4.69) is 10.3 Å². The summed E-state index contributed by atoms with van der Waals surface area (Å²) in [6.45, 7) is 6.61. The molecule has 3 heterocycles. The average Bonchev–Trinajstić information content (AvgIpc) is 3.12. The fourth-order valence-corrected chi connectivity index (χ4v) is 3.73. The Labute approximate surface area is 168 Å². The molecule has 0 aromatic carbocycles. The largest absolute Gasteiger partial charge is 0.444 e. The van der Waals surface area contributed by atoms with E-state index in [1.54, 1.807) is 17.5 Å². The Morgan fingerprint density at radius 3 is 2.64 bits per heavy atom. The maximum absolute atomic E-state index is 12.6. The van der Waals surface area contributed by atoms with Crippen LogP contribution in [0, 0.1) is 0 Å². The maximum Gasteiger partial charge on any atom is 0.407 e. The molecule has 0 atom stereocenters. The highest BCUT2D eigenvalue weighted by molar-refractivity contribution is 7.12. The van der Waals surface area contributed by atoms with Crippen LogP contribution in [0.1, 0.15) is 43.3 Å². The van der Waals surface area contributed by atoms with Gasteiger partial charge in [0.1, 0.15) is 10.5 Å². The lowest BCUT2D eigenvalue weighted by Gasteiger charge is -2.31. The van der Waals surface area contributed by atoms with E-state index in [4.69, 9.17) is 9.57 Å². The van der Waals surface area contributed by atoms with E-state index < -0.39 is 11.7 Å². The lowest BCUT2D eigenvalue weighted by atomic mass is 10.1. The summed E-state index contributed by atoms with van der Waals surface area (Å²) in [7, 11) is 0. The summed E-state index contributed by atoms with van der Waals surface area (Å²) in [5.74, 6) is -0.368. The molecular weight excluding hydrogens is 378 g/mol. The topological polar surface area (TPSA) is 80.8 Å². The van der Waals surface area contributed by atoms with E-state index in [1.165, 1.54) is 11.3 Å². The first-order valence-electron chi connectivity index (χ1n) is 9.26. The van der Waals surface area contributed by atoms with E-state index >= 15 is 0 Å². The minimum Gasteiger partial charge on any atom is -0.444 e. The number of hydroxylamine groups is 2. The van der Waals surface area contributed by atoms with Crippen LogP contribution in [0.5, 0.6) is 0 Å². The lowest BCUT2D eigenvalue weighted by molar-refractivity contribution is -0.122. The van der Waals surface area contributed by atoms with Crippen LogP contribution in [0.4, 0.5) is 4.79 Å². The molecule has 28 heavy (non-hydrogen) atoms. The Kier molecular flexibility index (Phi) is 6.31. The molecule has 0 saturated carbocycles. The molecule has 0 radical (unpaired) electrons. The molecule has 0 aliphatic carbocycles. The molecule has 1 fully saturated rings. The fourth-order valence-electron chi connectivity index (χ4n) is 2.94. The second-order valence-electron chi connectivity index (χ2n) is 7.63. The number of hydrogen-bond acceptors (Lipinski definition) is 7. The number of nitrogens with one attached hydrogen (secondary N) is 1. The summed E-state index contributed by atoms with van der Waals surface area (Å²) in [4.78, 5) is 34.7. The number of alkyl carbamates (subject to hydrolysis) is 1. The Balaban J connectivity index is 1.51. The molecule has 0 bridgehead atoms. The van der Waals surface area contributed by atoms with Crippen molar-refractivity contribution in [2.45, 2.75) is 45.3 Å². The minimum absolute atomic E-state index is 0.0116. The summed E-state index contributed by atoms with van der Waals surface area (Å²) in [5, 5.41) is 6.40. The third-order valence-electron chi connectivity index (χ3n) is 4.21. The molecule has 8 heteroatoms. The number of carbonyl (C=O) groups excluding carboxylic acids is 2. The predicted molar refractivity (Wildman–Crippen MR) is 107 cm³/mol. The Hall–Kier alpha value is -2.45. The predicted octanol–water partition coefficient (Wildman–Crippen LogP) is 3.87.